The highest BCUT2D eigenvalue weighted by atomic mass is 16.5. The number of carbonyl (C=O) groups is 2. The van der Waals surface area contributed by atoms with Gasteiger partial charge in [0.05, 0.1) is 7.11 Å². The van der Waals surface area contributed by atoms with E-state index in [-0.39, 0.29) is 12.5 Å². The first kappa shape index (κ1) is 14.8. The van der Waals surface area contributed by atoms with Crippen molar-refractivity contribution in [3.63, 3.8) is 0 Å². The second-order valence-corrected chi connectivity index (χ2v) is 3.64. The number of rotatable bonds is 6. The molecule has 0 aliphatic heterocycles. The Morgan fingerprint density at radius 2 is 2.05 bits per heavy atom. The van der Waals surface area contributed by atoms with Crippen LogP contribution < -0.4 is 10.1 Å². The van der Waals surface area contributed by atoms with E-state index in [1.165, 1.54) is 6.08 Å². The van der Waals surface area contributed by atoms with Crippen LogP contribution in [0.1, 0.15) is 12.5 Å². The summed E-state index contributed by atoms with van der Waals surface area (Å²) in [5.74, 6) is -0.228. The molecule has 1 N–H and O–H groups in total. The molecule has 0 aromatic heterocycles. The van der Waals surface area contributed by atoms with Gasteiger partial charge in [-0.2, -0.15) is 0 Å². The van der Waals surface area contributed by atoms with E-state index in [9.17, 15) is 9.59 Å². The molecule has 5 nitrogen and oxygen atoms in total. The first-order valence-corrected chi connectivity index (χ1v) is 5.92. The Morgan fingerprint density at radius 3 is 2.74 bits per heavy atom. The molecule has 0 saturated heterocycles. The standard InChI is InChI=1S/C14H17NO4/c1-3-15-13(16)10-19-14(17)9-8-11-6-4-5-7-12(11)18-2/h4-9H,3,10H2,1-2H3,(H,15,16). The lowest BCUT2D eigenvalue weighted by Crippen LogP contribution is -2.28. The number of methoxy groups -OCH3 is 1. The third kappa shape index (κ3) is 5.25. The second-order valence-electron chi connectivity index (χ2n) is 3.64. The molecular formula is C14H17NO4. The van der Waals surface area contributed by atoms with Crippen molar-refractivity contribution in [2.45, 2.75) is 6.92 Å². The van der Waals surface area contributed by atoms with Crippen LogP contribution in [-0.4, -0.2) is 32.1 Å². The Morgan fingerprint density at radius 1 is 1.32 bits per heavy atom. The summed E-state index contributed by atoms with van der Waals surface area (Å²) >= 11 is 0. The average Bonchev–Trinajstić information content (AvgIpc) is 2.43. The molecule has 0 fully saturated rings. The van der Waals surface area contributed by atoms with E-state index in [0.29, 0.717) is 12.3 Å². The SMILES string of the molecule is CCNC(=O)COC(=O)C=Cc1ccccc1OC. The quantitative estimate of drug-likeness (QED) is 0.622. The number of ether oxygens (including phenoxy) is 2. The van der Waals surface area contributed by atoms with Gasteiger partial charge in [0.15, 0.2) is 6.61 Å². The highest BCUT2D eigenvalue weighted by Crippen LogP contribution is 2.18. The average molecular weight is 263 g/mol. The van der Waals surface area contributed by atoms with Gasteiger partial charge >= 0.3 is 5.97 Å². The van der Waals surface area contributed by atoms with Gasteiger partial charge in [0.25, 0.3) is 5.91 Å². The fraction of sp³-hybridized carbons (Fsp3) is 0.286. The van der Waals surface area contributed by atoms with E-state index in [1.807, 2.05) is 18.2 Å². The summed E-state index contributed by atoms with van der Waals surface area (Å²) in [4.78, 5) is 22.5. The Balaban J connectivity index is 2.52. The largest absolute Gasteiger partial charge is 0.496 e. The summed E-state index contributed by atoms with van der Waals surface area (Å²) in [5, 5.41) is 2.53. The summed E-state index contributed by atoms with van der Waals surface area (Å²) in [5.41, 5.74) is 0.764. The number of para-hydroxylation sites is 1. The summed E-state index contributed by atoms with van der Waals surface area (Å²) in [6, 6.07) is 7.28. The predicted molar refractivity (Wildman–Crippen MR) is 71.7 cm³/mol. The molecule has 0 radical (unpaired) electrons. The van der Waals surface area contributed by atoms with Crippen molar-refractivity contribution in [2.24, 2.45) is 0 Å². The molecule has 0 unspecified atom stereocenters. The van der Waals surface area contributed by atoms with Crippen LogP contribution in [-0.2, 0) is 14.3 Å². The summed E-state index contributed by atoms with van der Waals surface area (Å²) in [7, 11) is 1.56. The molecule has 1 rings (SSSR count). The van der Waals surface area contributed by atoms with Crippen molar-refractivity contribution in [3.8, 4) is 5.75 Å². The van der Waals surface area contributed by atoms with Gasteiger partial charge in [0, 0.05) is 18.2 Å². The van der Waals surface area contributed by atoms with E-state index in [2.05, 4.69) is 5.32 Å². The minimum Gasteiger partial charge on any atom is -0.496 e. The molecule has 0 spiro atoms. The van der Waals surface area contributed by atoms with Crippen LogP contribution in [0.25, 0.3) is 6.08 Å². The van der Waals surface area contributed by atoms with E-state index >= 15 is 0 Å². The molecule has 0 aliphatic carbocycles. The van der Waals surface area contributed by atoms with Crippen molar-refractivity contribution in [2.75, 3.05) is 20.3 Å². The van der Waals surface area contributed by atoms with Gasteiger partial charge in [-0.15, -0.1) is 0 Å². The number of esters is 1. The van der Waals surface area contributed by atoms with Gasteiger partial charge in [-0.1, -0.05) is 18.2 Å². The third-order valence-corrected chi connectivity index (χ3v) is 2.26. The maximum atomic E-state index is 11.4. The smallest absolute Gasteiger partial charge is 0.331 e. The molecule has 1 aromatic carbocycles. The van der Waals surface area contributed by atoms with Crippen molar-refractivity contribution in [3.05, 3.63) is 35.9 Å². The maximum absolute atomic E-state index is 11.4. The minimum absolute atomic E-state index is 0.275. The monoisotopic (exact) mass is 263 g/mol. The van der Waals surface area contributed by atoms with E-state index in [4.69, 9.17) is 9.47 Å². The summed E-state index contributed by atoms with van der Waals surface area (Å²) in [6.45, 7) is 2.03. The zero-order valence-electron chi connectivity index (χ0n) is 11.0. The summed E-state index contributed by atoms with van der Waals surface area (Å²) in [6.07, 6.45) is 2.84. The molecule has 1 amide bonds. The second kappa shape index (κ2) is 7.92. The first-order chi connectivity index (χ1) is 9.17. The first-order valence-electron chi connectivity index (χ1n) is 5.92. The lowest BCUT2D eigenvalue weighted by Gasteiger charge is -2.04. The predicted octanol–water partition coefficient (Wildman–Crippen LogP) is 1.39. The number of carbonyl (C=O) groups excluding carboxylic acids is 2. The normalized spacial score (nSPS) is 10.2. The molecule has 0 heterocycles. The highest BCUT2D eigenvalue weighted by Gasteiger charge is 2.04. The zero-order valence-corrected chi connectivity index (χ0v) is 11.0. The van der Waals surface area contributed by atoms with Gasteiger partial charge in [0.1, 0.15) is 5.75 Å². The lowest BCUT2D eigenvalue weighted by molar-refractivity contribution is -0.143. The number of hydrogen-bond donors (Lipinski definition) is 1. The molecule has 19 heavy (non-hydrogen) atoms. The van der Waals surface area contributed by atoms with Crippen LogP contribution in [0.2, 0.25) is 0 Å². The Hall–Kier alpha value is -2.30. The summed E-state index contributed by atoms with van der Waals surface area (Å²) < 4.78 is 9.91. The van der Waals surface area contributed by atoms with Gasteiger partial charge in [0.2, 0.25) is 0 Å². The Labute approximate surface area is 112 Å². The van der Waals surface area contributed by atoms with Gasteiger partial charge in [-0.05, 0) is 19.1 Å². The Kier molecular flexibility index (Phi) is 6.15. The number of nitrogens with one attached hydrogen (secondary N) is 1. The zero-order chi connectivity index (χ0) is 14.1. The van der Waals surface area contributed by atoms with Crippen molar-refractivity contribution in [1.29, 1.82) is 0 Å². The van der Waals surface area contributed by atoms with Gasteiger partial charge in [-0.25, -0.2) is 4.79 Å². The van der Waals surface area contributed by atoms with Crippen molar-refractivity contribution >= 4 is 18.0 Å². The van der Waals surface area contributed by atoms with Crippen LogP contribution in [0, 0.1) is 0 Å². The molecule has 0 aliphatic rings. The molecule has 0 bridgehead atoms. The fourth-order valence-corrected chi connectivity index (χ4v) is 1.39. The van der Waals surface area contributed by atoms with Gasteiger partial charge < -0.3 is 14.8 Å². The number of benzene rings is 1. The van der Waals surface area contributed by atoms with E-state index < -0.39 is 5.97 Å². The van der Waals surface area contributed by atoms with Crippen LogP contribution in [0.4, 0.5) is 0 Å². The molecular weight excluding hydrogens is 246 g/mol. The maximum Gasteiger partial charge on any atom is 0.331 e. The molecule has 5 heteroatoms. The van der Waals surface area contributed by atoms with E-state index in [0.717, 1.165) is 5.56 Å². The lowest BCUT2D eigenvalue weighted by atomic mass is 10.2. The van der Waals surface area contributed by atoms with Crippen LogP contribution in [0.3, 0.4) is 0 Å². The minimum atomic E-state index is -0.572. The van der Waals surface area contributed by atoms with E-state index in [1.54, 1.807) is 26.2 Å². The molecule has 0 saturated carbocycles. The van der Waals surface area contributed by atoms with Crippen molar-refractivity contribution < 1.29 is 19.1 Å². The molecule has 0 atom stereocenters. The number of likely N-dealkylation sites (N-methyl/N-ethyl adjacent to an activating group) is 1. The molecule has 1 aromatic rings. The molecule has 102 valence electrons. The Bertz CT molecular complexity index is 468. The number of amides is 1. The third-order valence-electron chi connectivity index (χ3n) is 2.26. The number of hydrogen-bond acceptors (Lipinski definition) is 4. The fourth-order valence-electron chi connectivity index (χ4n) is 1.39. The topological polar surface area (TPSA) is 64.6 Å². The van der Waals surface area contributed by atoms with Crippen LogP contribution >= 0.6 is 0 Å². The van der Waals surface area contributed by atoms with Gasteiger partial charge in [-0.3, -0.25) is 4.79 Å². The van der Waals surface area contributed by atoms with Crippen molar-refractivity contribution in [1.82, 2.24) is 5.32 Å². The highest BCUT2D eigenvalue weighted by molar-refractivity contribution is 5.89. The van der Waals surface area contributed by atoms with Crippen LogP contribution in [0.15, 0.2) is 30.3 Å². The van der Waals surface area contributed by atoms with Crippen LogP contribution in [0.5, 0.6) is 5.75 Å².